The number of allylic oxidation sites excluding steroid dienone is 1. The molecule has 6 saturated heterocycles. The van der Waals surface area contributed by atoms with E-state index in [1.165, 1.54) is 0 Å². The molecule has 16 nitrogen and oxygen atoms in total. The zero-order valence-electron chi connectivity index (χ0n) is 38.4. The minimum atomic E-state index is -3.53. The van der Waals surface area contributed by atoms with Crippen LogP contribution in [0.25, 0.3) is 0 Å². The topological polar surface area (TPSA) is 210 Å². The van der Waals surface area contributed by atoms with Crippen molar-refractivity contribution < 1.29 is 71.6 Å². The van der Waals surface area contributed by atoms with Gasteiger partial charge in [0.2, 0.25) is 0 Å². The van der Waals surface area contributed by atoms with E-state index < -0.39 is 126 Å². The van der Waals surface area contributed by atoms with Crippen molar-refractivity contribution in [1.82, 2.24) is 0 Å². The van der Waals surface area contributed by atoms with E-state index in [2.05, 4.69) is 0 Å². The van der Waals surface area contributed by atoms with E-state index in [4.69, 9.17) is 52.8 Å². The second-order valence-electron chi connectivity index (χ2n) is 20.9. The molecule has 352 valence electrons. The molecule has 62 heavy (non-hydrogen) atoms. The first-order valence-electron chi connectivity index (χ1n) is 23.3. The Kier molecular flexibility index (Phi) is 13.8. The smallest absolute Gasteiger partial charge is 0.504 e. The molecule has 0 aromatic carbocycles. The molecule has 7 aliphatic heterocycles. The van der Waals surface area contributed by atoms with Crippen molar-refractivity contribution in [3.05, 3.63) is 12.2 Å². The van der Waals surface area contributed by atoms with Gasteiger partial charge >= 0.3 is 24.9 Å². The summed E-state index contributed by atoms with van der Waals surface area (Å²) in [4.78, 5) is 42.9. The summed E-state index contributed by atoms with van der Waals surface area (Å²) in [7, 11) is 0. The number of ether oxygens (including phenoxy) is 6. The molecule has 3 spiro atoms. The fourth-order valence-corrected chi connectivity index (χ4v) is 10.6. The Morgan fingerprint density at radius 3 is 1.90 bits per heavy atom. The van der Waals surface area contributed by atoms with Gasteiger partial charge in [-0.15, -0.1) is 0 Å². The number of carbonyl (C=O) groups is 3. The minimum Gasteiger partial charge on any atom is -0.504 e. The van der Waals surface area contributed by atoms with Gasteiger partial charge in [-0.1, -0.05) is 67.5 Å². The molecular formula is C45H73BNO15-. The van der Waals surface area contributed by atoms with Crippen LogP contribution in [0.15, 0.2) is 12.2 Å². The Morgan fingerprint density at radius 1 is 0.790 bits per heavy atom. The SMILES string of the molecule is CC(C)[C@@H](N)C(=O)O[C@H](C)[C@@H]1C/C=C/CC[C@H](O)C(C)(C)[C@@H]2CC[C@@H](C)[C@@]3(O2)O[B-]24O[C@@H](C(=O)O1)[C@]1(O[C@@H](CC[C@H]1C)C(C)(C)[C@H](O)CCC[C@@H]1C[C@H](OC(=O)[C@@H]3O2)[C@@H](C)O1)O4. The highest BCUT2D eigenvalue weighted by molar-refractivity contribution is 6.56. The molecule has 7 heterocycles. The summed E-state index contributed by atoms with van der Waals surface area (Å²) in [5, 5.41) is 23.6. The Morgan fingerprint density at radius 2 is 1.34 bits per heavy atom. The van der Waals surface area contributed by atoms with Crippen LogP contribution in [-0.4, -0.2) is 120 Å². The van der Waals surface area contributed by atoms with E-state index in [0.29, 0.717) is 64.2 Å². The second kappa shape index (κ2) is 17.9. The van der Waals surface area contributed by atoms with Crippen LogP contribution in [0.4, 0.5) is 0 Å². The first-order valence-corrected chi connectivity index (χ1v) is 23.3. The number of esters is 3. The van der Waals surface area contributed by atoms with Gasteiger partial charge in [0.05, 0.1) is 36.6 Å². The number of fused-ring (bicyclic) bond motifs is 6. The number of rotatable bonds is 4. The molecule has 7 rings (SSSR count). The molecule has 4 N–H and O–H groups in total. The molecule has 0 radical (unpaired) electrons. The minimum absolute atomic E-state index is 0.142. The van der Waals surface area contributed by atoms with Gasteiger partial charge < -0.3 is 63.0 Å². The number of nitrogens with two attached hydrogens (primary N) is 1. The van der Waals surface area contributed by atoms with Crippen molar-refractivity contribution >= 4 is 24.9 Å². The summed E-state index contributed by atoms with van der Waals surface area (Å²) < 4.78 is 66.0. The maximum atomic E-state index is 15.0. The summed E-state index contributed by atoms with van der Waals surface area (Å²) in [5.74, 6) is -7.31. The van der Waals surface area contributed by atoms with Gasteiger partial charge in [0, 0.05) is 35.5 Å². The molecule has 0 amide bonds. The number of hydrogen-bond acceptors (Lipinski definition) is 16. The van der Waals surface area contributed by atoms with E-state index in [1.54, 1.807) is 6.92 Å². The highest BCUT2D eigenvalue weighted by Crippen LogP contribution is 2.57. The molecule has 17 heteroatoms. The molecule has 6 fully saturated rings. The first kappa shape index (κ1) is 47.8. The number of aliphatic hydroxyl groups is 2. The van der Waals surface area contributed by atoms with Crippen LogP contribution in [0.5, 0.6) is 0 Å². The van der Waals surface area contributed by atoms with Gasteiger partial charge in [-0.2, -0.15) is 0 Å². The quantitative estimate of drug-likeness (QED) is 0.149. The third-order valence-corrected chi connectivity index (χ3v) is 15.5. The van der Waals surface area contributed by atoms with Crippen molar-refractivity contribution in [2.75, 3.05) is 0 Å². The second-order valence-corrected chi connectivity index (χ2v) is 20.9. The van der Waals surface area contributed by atoms with Crippen molar-refractivity contribution in [2.24, 2.45) is 34.3 Å². The molecule has 0 saturated carbocycles. The molecule has 17 atom stereocenters. The third kappa shape index (κ3) is 8.78. The average Bonchev–Trinajstić information content (AvgIpc) is 3.84. The van der Waals surface area contributed by atoms with Crippen LogP contribution < -0.4 is 5.73 Å². The van der Waals surface area contributed by atoms with E-state index >= 15 is 4.79 Å². The summed E-state index contributed by atoms with van der Waals surface area (Å²) in [6.07, 6.45) is -0.362. The van der Waals surface area contributed by atoms with Crippen LogP contribution in [0.2, 0.25) is 0 Å². The van der Waals surface area contributed by atoms with Crippen molar-refractivity contribution in [3.63, 3.8) is 0 Å². The molecule has 1 unspecified atom stereocenters. The van der Waals surface area contributed by atoms with Gasteiger partial charge in [-0.3, -0.25) is 4.79 Å². The van der Waals surface area contributed by atoms with Gasteiger partial charge in [0.1, 0.15) is 24.4 Å². The van der Waals surface area contributed by atoms with Crippen LogP contribution >= 0.6 is 0 Å². The maximum absolute atomic E-state index is 15.0. The summed E-state index contributed by atoms with van der Waals surface area (Å²) >= 11 is 0. The van der Waals surface area contributed by atoms with Gasteiger partial charge in [-0.05, 0) is 77.6 Å². The molecule has 0 aromatic heterocycles. The van der Waals surface area contributed by atoms with Crippen LogP contribution in [0.3, 0.4) is 0 Å². The molecular weight excluding hydrogens is 805 g/mol. The average molecular weight is 879 g/mol. The lowest BCUT2D eigenvalue weighted by molar-refractivity contribution is -0.311. The Bertz CT molecular complexity index is 1680. The Labute approximate surface area is 366 Å². The lowest BCUT2D eigenvalue weighted by Gasteiger charge is -2.52. The molecule has 0 aliphatic carbocycles. The predicted molar refractivity (Wildman–Crippen MR) is 223 cm³/mol. The fourth-order valence-electron chi connectivity index (χ4n) is 10.6. The maximum Gasteiger partial charge on any atom is 0.536 e. The van der Waals surface area contributed by atoms with Crippen LogP contribution in [-0.2, 0) is 61.4 Å². The molecule has 7 aliphatic rings. The van der Waals surface area contributed by atoms with Gasteiger partial charge in [-0.25, -0.2) is 9.59 Å². The van der Waals surface area contributed by atoms with E-state index in [9.17, 15) is 19.8 Å². The van der Waals surface area contributed by atoms with E-state index in [0.717, 1.165) is 0 Å². The number of aliphatic hydroxyl groups excluding tert-OH is 2. The lowest BCUT2D eigenvalue weighted by Crippen LogP contribution is -2.61. The zero-order chi connectivity index (χ0) is 45.2. The number of cyclic esters (lactones) is 1. The Hall–Kier alpha value is -2.19. The fraction of sp³-hybridized carbons (Fsp3) is 0.889. The summed E-state index contributed by atoms with van der Waals surface area (Å²) in [6, 6.07) is -0.902. The Balaban J connectivity index is 1.36. The lowest BCUT2D eigenvalue weighted by atomic mass is 9.73. The highest BCUT2D eigenvalue weighted by atomic mass is 17.0. The van der Waals surface area contributed by atoms with E-state index in [1.807, 2.05) is 74.5 Å². The highest BCUT2D eigenvalue weighted by Gasteiger charge is 2.73. The van der Waals surface area contributed by atoms with Crippen LogP contribution in [0, 0.1) is 28.6 Å². The van der Waals surface area contributed by atoms with Gasteiger partial charge in [0.15, 0.2) is 23.8 Å². The van der Waals surface area contributed by atoms with E-state index in [-0.39, 0.29) is 18.4 Å². The third-order valence-electron chi connectivity index (χ3n) is 15.5. The van der Waals surface area contributed by atoms with Crippen molar-refractivity contribution in [3.8, 4) is 0 Å². The molecule has 0 aromatic rings. The normalized spacial score (nSPS) is 46.3. The number of carbonyl (C=O) groups excluding carboxylic acids is 3. The monoisotopic (exact) mass is 879 g/mol. The molecule has 9 bridgehead atoms. The number of hydrogen-bond donors (Lipinski definition) is 3. The van der Waals surface area contributed by atoms with Crippen molar-refractivity contribution in [1.29, 1.82) is 0 Å². The zero-order valence-corrected chi connectivity index (χ0v) is 38.4. The van der Waals surface area contributed by atoms with Crippen molar-refractivity contribution in [2.45, 2.75) is 225 Å². The first-order chi connectivity index (χ1) is 29.0. The summed E-state index contributed by atoms with van der Waals surface area (Å²) in [5.41, 5.74) is 4.48. The van der Waals surface area contributed by atoms with Crippen LogP contribution in [0.1, 0.15) is 140 Å². The largest absolute Gasteiger partial charge is 0.536 e. The standard InChI is InChI=1S/C45H73BNO15/c1-24(2)36(47)39(50)54-27(5)30-16-12-11-13-17-32(48)42(7,8)34-21-19-26(4)45(57-34)38-41(52)56-31-23-29(53-28(31)6)15-14-18-33(49)43(9,10)35-22-20-25(3)44(58-35)37(40(51)55-30)59-46(60-38,61-44)62-45/h11-12,24-38,48-49H,13-23,47H2,1-10H3/q-1/b12-11+/t25-,26-,27-,28-,29-,30+,31+,32+,33-,34+,35+,36-,37+,38+,44-,45-,46?/m1/s1. The van der Waals surface area contributed by atoms with Gasteiger partial charge in [0.25, 0.3) is 0 Å². The summed E-state index contributed by atoms with van der Waals surface area (Å²) in [6.45, 7) is 15.1. The predicted octanol–water partition coefficient (Wildman–Crippen LogP) is 4.89.